The molecule has 0 fully saturated rings. The van der Waals surface area contributed by atoms with Gasteiger partial charge in [-0.05, 0) is 37.5 Å². The lowest BCUT2D eigenvalue weighted by Gasteiger charge is -2.21. The first-order valence-corrected chi connectivity index (χ1v) is 10.2. The van der Waals surface area contributed by atoms with Gasteiger partial charge < -0.3 is 19.9 Å². The van der Waals surface area contributed by atoms with Crippen molar-refractivity contribution in [3.63, 3.8) is 0 Å². The predicted molar refractivity (Wildman–Crippen MR) is 116 cm³/mol. The summed E-state index contributed by atoms with van der Waals surface area (Å²) in [7, 11) is 0. The zero-order valence-electron chi connectivity index (χ0n) is 16.9. The summed E-state index contributed by atoms with van der Waals surface area (Å²) in [5.74, 6) is 0.921. The number of rotatable bonds is 12. The monoisotopic (exact) mass is 395 g/mol. The highest BCUT2D eigenvalue weighted by molar-refractivity contribution is 5.83. The van der Waals surface area contributed by atoms with E-state index in [2.05, 4.69) is 27.9 Å². The van der Waals surface area contributed by atoms with Crippen LogP contribution in [-0.4, -0.2) is 39.2 Å². The third-order valence-corrected chi connectivity index (χ3v) is 4.95. The Bertz CT molecular complexity index is 924. The van der Waals surface area contributed by atoms with Crippen LogP contribution < -0.4 is 10.2 Å². The fraction of sp³-hybridized carbons (Fsp3) is 0.409. The summed E-state index contributed by atoms with van der Waals surface area (Å²) in [6.45, 7) is 4.30. The van der Waals surface area contributed by atoms with Crippen molar-refractivity contribution in [3.8, 4) is 0 Å². The van der Waals surface area contributed by atoms with Crippen molar-refractivity contribution in [3.05, 3.63) is 48.5 Å². The van der Waals surface area contributed by atoms with Crippen LogP contribution in [0.15, 0.2) is 42.7 Å². The highest BCUT2D eigenvalue weighted by Crippen LogP contribution is 2.25. The first kappa shape index (κ1) is 20.8. The van der Waals surface area contributed by atoms with Gasteiger partial charge in [0.15, 0.2) is 0 Å². The SMILES string of the molecule is CCCCN(C=O)c1ccncc1NCc1nc2ccccc2n1CCCCO. The van der Waals surface area contributed by atoms with E-state index in [0.717, 1.165) is 66.9 Å². The summed E-state index contributed by atoms with van der Waals surface area (Å²) in [5.41, 5.74) is 3.68. The number of carbonyl (C=O) groups excluding carboxylic acids is 1. The predicted octanol–water partition coefficient (Wildman–Crippen LogP) is 3.58. The molecule has 0 aliphatic rings. The summed E-state index contributed by atoms with van der Waals surface area (Å²) in [6, 6.07) is 9.93. The number of carbonyl (C=O) groups is 1. The normalized spacial score (nSPS) is 11.0. The number of para-hydroxylation sites is 2. The highest BCUT2D eigenvalue weighted by Gasteiger charge is 2.13. The molecule has 3 aromatic rings. The second kappa shape index (κ2) is 10.6. The van der Waals surface area contributed by atoms with Gasteiger partial charge in [0.1, 0.15) is 5.82 Å². The first-order chi connectivity index (χ1) is 14.3. The van der Waals surface area contributed by atoms with Crippen molar-refractivity contribution in [2.45, 2.75) is 45.7 Å². The van der Waals surface area contributed by atoms with Crippen LogP contribution in [0, 0.1) is 0 Å². The first-order valence-electron chi connectivity index (χ1n) is 10.2. The maximum atomic E-state index is 11.6. The van der Waals surface area contributed by atoms with Gasteiger partial charge in [0, 0.05) is 25.9 Å². The minimum absolute atomic E-state index is 0.193. The standard InChI is InChI=1S/C22H29N5O2/c1-2-3-12-26(17-29)20-10-11-23-15-19(20)24-16-22-25-18-8-4-5-9-21(18)27(22)13-6-7-14-28/h4-5,8-11,15,17,24,28H,2-3,6-7,12-14,16H2,1H3. The Balaban J connectivity index is 1.82. The Kier molecular flexibility index (Phi) is 7.58. The maximum absolute atomic E-state index is 11.6. The molecular weight excluding hydrogens is 366 g/mol. The van der Waals surface area contributed by atoms with Crippen LogP contribution in [0.5, 0.6) is 0 Å². The number of aliphatic hydroxyl groups is 1. The van der Waals surface area contributed by atoms with Gasteiger partial charge in [0.25, 0.3) is 0 Å². The van der Waals surface area contributed by atoms with Gasteiger partial charge in [-0.1, -0.05) is 25.5 Å². The lowest BCUT2D eigenvalue weighted by Crippen LogP contribution is -2.23. The quantitative estimate of drug-likeness (QED) is 0.362. The van der Waals surface area contributed by atoms with Crippen molar-refractivity contribution in [2.24, 2.45) is 0 Å². The molecule has 2 N–H and O–H groups in total. The molecule has 0 saturated heterocycles. The molecule has 29 heavy (non-hydrogen) atoms. The van der Waals surface area contributed by atoms with Crippen LogP contribution in [0.2, 0.25) is 0 Å². The number of anilines is 2. The highest BCUT2D eigenvalue weighted by atomic mass is 16.2. The average molecular weight is 396 g/mol. The Morgan fingerprint density at radius 3 is 2.86 bits per heavy atom. The lowest BCUT2D eigenvalue weighted by atomic mass is 10.2. The molecule has 7 nitrogen and oxygen atoms in total. The number of fused-ring (bicyclic) bond motifs is 1. The molecule has 0 atom stereocenters. The molecule has 0 aliphatic carbocycles. The van der Waals surface area contributed by atoms with E-state index in [1.807, 2.05) is 24.3 Å². The van der Waals surface area contributed by atoms with Gasteiger partial charge in [-0.2, -0.15) is 0 Å². The molecule has 0 unspecified atom stereocenters. The zero-order chi connectivity index (χ0) is 20.5. The van der Waals surface area contributed by atoms with E-state index >= 15 is 0 Å². The van der Waals surface area contributed by atoms with Crippen molar-refractivity contribution in [1.29, 1.82) is 0 Å². The van der Waals surface area contributed by atoms with Crippen molar-refractivity contribution < 1.29 is 9.90 Å². The van der Waals surface area contributed by atoms with Crippen LogP contribution >= 0.6 is 0 Å². The van der Waals surface area contributed by atoms with Crippen LogP contribution in [0.4, 0.5) is 11.4 Å². The molecule has 0 saturated carbocycles. The third kappa shape index (κ3) is 5.12. The number of unbranched alkanes of at least 4 members (excludes halogenated alkanes) is 2. The Morgan fingerprint density at radius 2 is 2.07 bits per heavy atom. The van der Waals surface area contributed by atoms with Crippen LogP contribution in [0.25, 0.3) is 11.0 Å². The number of pyridine rings is 1. The van der Waals surface area contributed by atoms with Gasteiger partial charge >= 0.3 is 0 Å². The fourth-order valence-electron chi connectivity index (χ4n) is 3.40. The van der Waals surface area contributed by atoms with Crippen LogP contribution in [0.3, 0.4) is 0 Å². The molecule has 0 bridgehead atoms. The lowest BCUT2D eigenvalue weighted by molar-refractivity contribution is -0.107. The number of imidazole rings is 1. The Morgan fingerprint density at radius 1 is 1.21 bits per heavy atom. The second-order valence-electron chi connectivity index (χ2n) is 7.00. The number of aliphatic hydroxyl groups excluding tert-OH is 1. The molecule has 3 rings (SSSR count). The number of hydrogen-bond acceptors (Lipinski definition) is 5. The van der Waals surface area contributed by atoms with Crippen molar-refractivity contribution in [1.82, 2.24) is 14.5 Å². The molecule has 1 aromatic carbocycles. The van der Waals surface area contributed by atoms with E-state index in [-0.39, 0.29) is 6.61 Å². The van der Waals surface area contributed by atoms with Crippen molar-refractivity contribution >= 4 is 28.8 Å². The molecule has 0 aliphatic heterocycles. The van der Waals surface area contributed by atoms with Gasteiger partial charge in [0.05, 0.1) is 35.1 Å². The fourth-order valence-corrected chi connectivity index (χ4v) is 3.40. The molecule has 1 amide bonds. The maximum Gasteiger partial charge on any atom is 0.214 e. The summed E-state index contributed by atoms with van der Waals surface area (Å²) >= 11 is 0. The van der Waals surface area contributed by atoms with Gasteiger partial charge in [-0.15, -0.1) is 0 Å². The van der Waals surface area contributed by atoms with E-state index in [1.165, 1.54) is 0 Å². The van der Waals surface area contributed by atoms with Gasteiger partial charge in [-0.3, -0.25) is 9.78 Å². The number of aryl methyl sites for hydroxylation is 1. The number of aromatic nitrogens is 3. The van der Waals surface area contributed by atoms with Crippen LogP contribution in [0.1, 0.15) is 38.4 Å². The molecule has 154 valence electrons. The second-order valence-corrected chi connectivity index (χ2v) is 7.00. The number of hydrogen-bond donors (Lipinski definition) is 2. The number of benzene rings is 1. The topological polar surface area (TPSA) is 83.3 Å². The van der Waals surface area contributed by atoms with E-state index in [9.17, 15) is 4.79 Å². The summed E-state index contributed by atoms with van der Waals surface area (Å²) in [5, 5.41) is 12.5. The van der Waals surface area contributed by atoms with Crippen molar-refractivity contribution in [2.75, 3.05) is 23.4 Å². The largest absolute Gasteiger partial charge is 0.396 e. The van der Waals surface area contributed by atoms with E-state index in [4.69, 9.17) is 10.1 Å². The number of amides is 1. The molecule has 2 aromatic heterocycles. The zero-order valence-corrected chi connectivity index (χ0v) is 16.9. The minimum Gasteiger partial charge on any atom is -0.396 e. The summed E-state index contributed by atoms with van der Waals surface area (Å²) < 4.78 is 2.20. The van der Waals surface area contributed by atoms with Crippen LogP contribution in [-0.2, 0) is 17.9 Å². The average Bonchev–Trinajstić information content (AvgIpc) is 3.11. The minimum atomic E-state index is 0.193. The summed E-state index contributed by atoms with van der Waals surface area (Å²) in [6.07, 6.45) is 7.94. The Labute approximate surface area is 171 Å². The summed E-state index contributed by atoms with van der Waals surface area (Å²) in [4.78, 5) is 22.3. The number of nitrogens with one attached hydrogen (secondary N) is 1. The molecule has 2 heterocycles. The molecule has 0 spiro atoms. The van der Waals surface area contributed by atoms with E-state index in [1.54, 1.807) is 17.3 Å². The molecule has 0 radical (unpaired) electrons. The third-order valence-electron chi connectivity index (χ3n) is 4.95. The van der Waals surface area contributed by atoms with E-state index < -0.39 is 0 Å². The Hall–Kier alpha value is -2.93. The van der Waals surface area contributed by atoms with E-state index in [0.29, 0.717) is 13.1 Å². The molecular formula is C22H29N5O2. The smallest absolute Gasteiger partial charge is 0.214 e. The molecule has 7 heteroatoms. The van der Waals surface area contributed by atoms with Gasteiger partial charge in [-0.25, -0.2) is 4.98 Å². The number of nitrogens with zero attached hydrogens (tertiary/aromatic N) is 4. The van der Waals surface area contributed by atoms with Gasteiger partial charge in [0.2, 0.25) is 6.41 Å².